The Balaban J connectivity index is 2.32. The van der Waals surface area contributed by atoms with Crippen molar-refractivity contribution in [3.63, 3.8) is 0 Å². The fourth-order valence-electron chi connectivity index (χ4n) is 2.16. The number of rotatable bonds is 9. The number of nitrogens with zero attached hydrogens (tertiary/aromatic N) is 1. The van der Waals surface area contributed by atoms with Crippen molar-refractivity contribution in [3.8, 4) is 6.07 Å². The molecule has 0 aliphatic carbocycles. The molecule has 1 aromatic carbocycles. The molecule has 0 saturated carbocycles. The minimum Gasteiger partial charge on any atom is -0.296 e. The lowest BCUT2D eigenvalue weighted by Crippen LogP contribution is -2.40. The van der Waals surface area contributed by atoms with Gasteiger partial charge in [-0.2, -0.15) is 5.26 Å². The van der Waals surface area contributed by atoms with E-state index in [2.05, 4.69) is 30.4 Å². The normalized spacial score (nSPS) is 13.7. The summed E-state index contributed by atoms with van der Waals surface area (Å²) in [4.78, 5) is 0. The quantitative estimate of drug-likeness (QED) is 0.666. The third kappa shape index (κ3) is 6.40. The van der Waals surface area contributed by atoms with E-state index in [0.717, 1.165) is 19.4 Å². The van der Waals surface area contributed by atoms with E-state index in [9.17, 15) is 5.26 Å². The van der Waals surface area contributed by atoms with Gasteiger partial charge in [0.05, 0.1) is 6.07 Å². The molecule has 0 saturated heterocycles. The molecule has 2 heteroatoms. The standard InChI is InChI=1S/C17H26N2/c1-3-4-5-6-10-13-17(2,15-18)19-14-16-11-8-7-9-12-16/h7-9,11-12,19H,3-6,10,13-14H2,1-2H3. The number of nitriles is 1. The maximum Gasteiger partial charge on any atom is 0.104 e. The first-order valence-corrected chi connectivity index (χ1v) is 7.40. The molecule has 19 heavy (non-hydrogen) atoms. The van der Waals surface area contributed by atoms with Crippen LogP contribution in [-0.4, -0.2) is 5.54 Å². The zero-order chi connectivity index (χ0) is 14.0. The number of unbranched alkanes of at least 4 members (excludes halogenated alkanes) is 4. The van der Waals surface area contributed by atoms with Gasteiger partial charge in [0.1, 0.15) is 5.54 Å². The van der Waals surface area contributed by atoms with Crippen molar-refractivity contribution in [1.29, 1.82) is 5.26 Å². The molecule has 2 nitrogen and oxygen atoms in total. The molecule has 0 radical (unpaired) electrons. The van der Waals surface area contributed by atoms with Crippen molar-refractivity contribution in [3.05, 3.63) is 35.9 Å². The Morgan fingerprint density at radius 1 is 1.11 bits per heavy atom. The molecule has 0 bridgehead atoms. The van der Waals surface area contributed by atoms with Gasteiger partial charge in [-0.1, -0.05) is 69.4 Å². The molecular weight excluding hydrogens is 232 g/mol. The number of hydrogen-bond donors (Lipinski definition) is 1. The van der Waals surface area contributed by atoms with E-state index in [1.165, 1.54) is 31.2 Å². The van der Waals surface area contributed by atoms with E-state index in [1.807, 2.05) is 25.1 Å². The number of hydrogen-bond acceptors (Lipinski definition) is 2. The third-order valence-electron chi connectivity index (χ3n) is 3.55. The van der Waals surface area contributed by atoms with Crippen molar-refractivity contribution >= 4 is 0 Å². The van der Waals surface area contributed by atoms with Gasteiger partial charge in [-0.25, -0.2) is 0 Å². The minimum atomic E-state index is -0.401. The van der Waals surface area contributed by atoms with Crippen LogP contribution in [0, 0.1) is 11.3 Å². The summed E-state index contributed by atoms with van der Waals surface area (Å²) < 4.78 is 0. The first-order chi connectivity index (χ1) is 9.20. The molecule has 0 fully saturated rings. The van der Waals surface area contributed by atoms with Gasteiger partial charge >= 0.3 is 0 Å². The van der Waals surface area contributed by atoms with Crippen LogP contribution in [0.25, 0.3) is 0 Å². The van der Waals surface area contributed by atoms with Crippen LogP contribution in [-0.2, 0) is 6.54 Å². The lowest BCUT2D eigenvalue weighted by atomic mass is 9.95. The molecule has 0 heterocycles. The van der Waals surface area contributed by atoms with Crippen molar-refractivity contribution in [1.82, 2.24) is 5.32 Å². The Kier molecular flexibility index (Phi) is 7.22. The zero-order valence-electron chi connectivity index (χ0n) is 12.3. The molecule has 104 valence electrons. The fraction of sp³-hybridized carbons (Fsp3) is 0.588. The molecule has 1 unspecified atom stereocenters. The van der Waals surface area contributed by atoms with Crippen molar-refractivity contribution in [2.24, 2.45) is 0 Å². The van der Waals surface area contributed by atoms with Crippen LogP contribution in [0.5, 0.6) is 0 Å². The average Bonchev–Trinajstić information content (AvgIpc) is 2.46. The Bertz CT molecular complexity index is 380. The molecular formula is C17H26N2. The zero-order valence-corrected chi connectivity index (χ0v) is 12.3. The number of benzene rings is 1. The van der Waals surface area contributed by atoms with Gasteiger partial charge < -0.3 is 0 Å². The highest BCUT2D eigenvalue weighted by atomic mass is 15.0. The summed E-state index contributed by atoms with van der Waals surface area (Å²) in [6.45, 7) is 5.00. The fourth-order valence-corrected chi connectivity index (χ4v) is 2.16. The van der Waals surface area contributed by atoms with Gasteiger partial charge in [0.15, 0.2) is 0 Å². The first kappa shape index (κ1) is 15.7. The van der Waals surface area contributed by atoms with Crippen LogP contribution in [0.3, 0.4) is 0 Å². The maximum absolute atomic E-state index is 9.35. The summed E-state index contributed by atoms with van der Waals surface area (Å²) in [6.07, 6.45) is 7.16. The Labute approximate surface area is 117 Å². The average molecular weight is 258 g/mol. The first-order valence-electron chi connectivity index (χ1n) is 7.40. The van der Waals surface area contributed by atoms with Gasteiger partial charge in [0.25, 0.3) is 0 Å². The van der Waals surface area contributed by atoms with Gasteiger partial charge in [-0.15, -0.1) is 0 Å². The molecule has 1 atom stereocenters. The molecule has 0 spiro atoms. The van der Waals surface area contributed by atoms with Crippen LogP contribution in [0.1, 0.15) is 57.9 Å². The topological polar surface area (TPSA) is 35.8 Å². The Hall–Kier alpha value is -1.33. The highest BCUT2D eigenvalue weighted by molar-refractivity contribution is 5.15. The molecule has 1 N–H and O–H groups in total. The molecule has 1 aromatic rings. The lowest BCUT2D eigenvalue weighted by molar-refractivity contribution is 0.396. The highest BCUT2D eigenvalue weighted by Gasteiger charge is 2.22. The summed E-state index contributed by atoms with van der Waals surface area (Å²) in [7, 11) is 0. The summed E-state index contributed by atoms with van der Waals surface area (Å²) in [5.74, 6) is 0. The molecule has 0 amide bonds. The summed E-state index contributed by atoms with van der Waals surface area (Å²) in [5, 5.41) is 12.7. The van der Waals surface area contributed by atoms with E-state index < -0.39 is 5.54 Å². The van der Waals surface area contributed by atoms with E-state index in [1.54, 1.807) is 0 Å². The van der Waals surface area contributed by atoms with E-state index in [-0.39, 0.29) is 0 Å². The third-order valence-corrected chi connectivity index (χ3v) is 3.55. The highest BCUT2D eigenvalue weighted by Crippen LogP contribution is 2.16. The van der Waals surface area contributed by atoms with E-state index in [4.69, 9.17) is 0 Å². The Morgan fingerprint density at radius 3 is 2.42 bits per heavy atom. The number of nitrogens with one attached hydrogen (secondary N) is 1. The van der Waals surface area contributed by atoms with Crippen LogP contribution in [0.2, 0.25) is 0 Å². The maximum atomic E-state index is 9.35. The van der Waals surface area contributed by atoms with Gasteiger partial charge in [0, 0.05) is 6.54 Å². The predicted octanol–water partition coefficient (Wildman–Crippen LogP) is 4.42. The Morgan fingerprint density at radius 2 is 1.79 bits per heavy atom. The molecule has 1 rings (SSSR count). The summed E-state index contributed by atoms with van der Waals surface area (Å²) in [6, 6.07) is 12.7. The van der Waals surface area contributed by atoms with E-state index >= 15 is 0 Å². The van der Waals surface area contributed by atoms with Crippen molar-refractivity contribution in [2.75, 3.05) is 0 Å². The monoisotopic (exact) mass is 258 g/mol. The van der Waals surface area contributed by atoms with Gasteiger partial charge in [-0.3, -0.25) is 5.32 Å². The van der Waals surface area contributed by atoms with Crippen LogP contribution < -0.4 is 5.32 Å². The van der Waals surface area contributed by atoms with Crippen LogP contribution in [0.4, 0.5) is 0 Å². The van der Waals surface area contributed by atoms with E-state index in [0.29, 0.717) is 0 Å². The molecule has 0 aliphatic rings. The second-order valence-electron chi connectivity index (χ2n) is 5.45. The summed E-state index contributed by atoms with van der Waals surface area (Å²) >= 11 is 0. The second kappa shape index (κ2) is 8.72. The largest absolute Gasteiger partial charge is 0.296 e. The minimum absolute atomic E-state index is 0.401. The lowest BCUT2D eigenvalue weighted by Gasteiger charge is -2.23. The second-order valence-corrected chi connectivity index (χ2v) is 5.45. The predicted molar refractivity (Wildman–Crippen MR) is 80.7 cm³/mol. The molecule has 0 aliphatic heterocycles. The van der Waals surface area contributed by atoms with Gasteiger partial charge in [-0.05, 0) is 18.9 Å². The summed E-state index contributed by atoms with van der Waals surface area (Å²) in [5.41, 5.74) is 0.831. The SMILES string of the molecule is CCCCCCCC(C)(C#N)NCc1ccccc1. The van der Waals surface area contributed by atoms with Crippen molar-refractivity contribution < 1.29 is 0 Å². The van der Waals surface area contributed by atoms with Gasteiger partial charge in [0.2, 0.25) is 0 Å². The smallest absolute Gasteiger partial charge is 0.104 e. The van der Waals surface area contributed by atoms with Crippen molar-refractivity contribution in [2.45, 2.75) is 64.5 Å². The molecule has 0 aromatic heterocycles. The van der Waals surface area contributed by atoms with Crippen LogP contribution >= 0.6 is 0 Å². The van der Waals surface area contributed by atoms with Crippen LogP contribution in [0.15, 0.2) is 30.3 Å².